The van der Waals surface area contributed by atoms with E-state index in [1.807, 2.05) is 42.5 Å². The summed E-state index contributed by atoms with van der Waals surface area (Å²) < 4.78 is 1.80. The SMILES string of the molecule is O=Cc1ccc(-c2ccc3nnn(Cc4ccc5ncccc5c4)c3n2)s1. The summed E-state index contributed by atoms with van der Waals surface area (Å²) in [7, 11) is 0. The van der Waals surface area contributed by atoms with Gasteiger partial charge >= 0.3 is 0 Å². The van der Waals surface area contributed by atoms with Gasteiger partial charge in [0.15, 0.2) is 11.9 Å². The van der Waals surface area contributed by atoms with Crippen LogP contribution in [-0.4, -0.2) is 31.2 Å². The van der Waals surface area contributed by atoms with E-state index in [1.54, 1.807) is 16.9 Å². The van der Waals surface area contributed by atoms with Gasteiger partial charge in [-0.05, 0) is 48.0 Å². The van der Waals surface area contributed by atoms with Crippen LogP contribution < -0.4 is 0 Å². The van der Waals surface area contributed by atoms with Gasteiger partial charge in [-0.3, -0.25) is 9.78 Å². The number of carbonyl (C=O) groups excluding carboxylic acids is 1. The molecular formula is C20H13N5OS. The van der Waals surface area contributed by atoms with Crippen LogP contribution in [-0.2, 0) is 6.54 Å². The molecule has 6 nitrogen and oxygen atoms in total. The van der Waals surface area contributed by atoms with Crippen LogP contribution in [0.25, 0.3) is 32.6 Å². The van der Waals surface area contributed by atoms with E-state index >= 15 is 0 Å². The quantitative estimate of drug-likeness (QED) is 0.447. The second-order valence-corrected chi connectivity index (χ2v) is 7.25. The molecule has 0 aliphatic carbocycles. The maximum absolute atomic E-state index is 10.9. The molecule has 0 atom stereocenters. The Hall–Kier alpha value is -3.45. The molecular weight excluding hydrogens is 358 g/mol. The van der Waals surface area contributed by atoms with E-state index < -0.39 is 0 Å². The van der Waals surface area contributed by atoms with Crippen molar-refractivity contribution < 1.29 is 4.79 Å². The molecule has 4 aromatic heterocycles. The number of aromatic nitrogens is 5. The Kier molecular flexibility index (Phi) is 3.72. The number of hydrogen-bond donors (Lipinski definition) is 0. The van der Waals surface area contributed by atoms with Crippen LogP contribution in [0, 0.1) is 0 Å². The number of nitrogens with zero attached hydrogens (tertiary/aromatic N) is 5. The van der Waals surface area contributed by atoms with Gasteiger partial charge in [0.1, 0.15) is 5.52 Å². The number of hydrogen-bond acceptors (Lipinski definition) is 6. The van der Waals surface area contributed by atoms with Gasteiger partial charge in [0.05, 0.1) is 27.5 Å². The summed E-state index contributed by atoms with van der Waals surface area (Å²) in [4.78, 5) is 21.6. The molecule has 130 valence electrons. The Morgan fingerprint density at radius 3 is 2.85 bits per heavy atom. The van der Waals surface area contributed by atoms with Crippen molar-refractivity contribution in [3.63, 3.8) is 0 Å². The molecule has 5 aromatic rings. The van der Waals surface area contributed by atoms with E-state index in [4.69, 9.17) is 4.98 Å². The van der Waals surface area contributed by atoms with Crippen LogP contribution in [0.4, 0.5) is 0 Å². The van der Waals surface area contributed by atoms with Crippen LogP contribution in [0.5, 0.6) is 0 Å². The standard InChI is InChI=1S/C20H13N5OS/c26-12-15-4-8-19(27-15)17-6-7-18-20(22-17)25(24-23-18)11-13-3-5-16-14(10-13)2-1-9-21-16/h1-10,12H,11H2. The molecule has 0 spiro atoms. The Morgan fingerprint density at radius 2 is 1.96 bits per heavy atom. The predicted octanol–water partition coefficient (Wildman–Crippen LogP) is 3.96. The van der Waals surface area contributed by atoms with Crippen molar-refractivity contribution in [3.8, 4) is 10.6 Å². The van der Waals surface area contributed by atoms with E-state index in [9.17, 15) is 4.79 Å². The summed E-state index contributed by atoms with van der Waals surface area (Å²) in [5, 5.41) is 9.57. The third-order valence-corrected chi connectivity index (χ3v) is 5.39. The third kappa shape index (κ3) is 2.88. The highest BCUT2D eigenvalue weighted by molar-refractivity contribution is 7.17. The van der Waals surface area contributed by atoms with Gasteiger partial charge in [0.2, 0.25) is 0 Å². The first kappa shape index (κ1) is 15.8. The molecule has 7 heteroatoms. The van der Waals surface area contributed by atoms with E-state index in [-0.39, 0.29) is 0 Å². The number of thiophene rings is 1. The summed E-state index contributed by atoms with van der Waals surface area (Å²) in [5.74, 6) is 0. The fourth-order valence-corrected chi connectivity index (χ4v) is 3.84. The van der Waals surface area contributed by atoms with Crippen molar-refractivity contribution in [2.45, 2.75) is 6.54 Å². The lowest BCUT2D eigenvalue weighted by Gasteiger charge is -2.05. The predicted molar refractivity (Wildman–Crippen MR) is 105 cm³/mol. The first-order valence-electron chi connectivity index (χ1n) is 8.39. The summed E-state index contributed by atoms with van der Waals surface area (Å²) in [6, 6.07) is 17.7. The number of pyridine rings is 2. The minimum absolute atomic E-state index is 0.571. The molecule has 4 heterocycles. The van der Waals surface area contributed by atoms with Crippen LogP contribution >= 0.6 is 11.3 Å². The average molecular weight is 371 g/mol. The third-order valence-electron chi connectivity index (χ3n) is 4.35. The molecule has 0 fully saturated rings. The lowest BCUT2D eigenvalue weighted by atomic mass is 10.1. The zero-order chi connectivity index (χ0) is 18.2. The van der Waals surface area contributed by atoms with Crippen molar-refractivity contribution >= 4 is 39.7 Å². The number of fused-ring (bicyclic) bond motifs is 2. The number of benzene rings is 1. The highest BCUT2D eigenvalue weighted by atomic mass is 32.1. The molecule has 0 unspecified atom stereocenters. The second kappa shape index (κ2) is 6.37. The van der Waals surface area contributed by atoms with Crippen LogP contribution in [0.2, 0.25) is 0 Å². The fourth-order valence-electron chi connectivity index (χ4n) is 3.05. The lowest BCUT2D eigenvalue weighted by molar-refractivity contribution is 0.112. The lowest BCUT2D eigenvalue weighted by Crippen LogP contribution is -2.03. The normalized spacial score (nSPS) is 11.3. The molecule has 5 rings (SSSR count). The zero-order valence-corrected chi connectivity index (χ0v) is 14.9. The van der Waals surface area contributed by atoms with E-state index in [0.29, 0.717) is 11.4 Å². The van der Waals surface area contributed by atoms with Gasteiger partial charge in [0.25, 0.3) is 0 Å². The minimum Gasteiger partial charge on any atom is -0.297 e. The van der Waals surface area contributed by atoms with Crippen LogP contribution in [0.15, 0.2) is 60.8 Å². The van der Waals surface area contributed by atoms with Gasteiger partial charge in [0, 0.05) is 11.6 Å². The molecule has 0 amide bonds. The smallest absolute Gasteiger partial charge is 0.179 e. The molecule has 0 N–H and O–H groups in total. The molecule has 0 aliphatic heterocycles. The van der Waals surface area contributed by atoms with E-state index in [2.05, 4.69) is 21.4 Å². The van der Waals surface area contributed by atoms with E-state index in [1.165, 1.54) is 11.3 Å². The largest absolute Gasteiger partial charge is 0.297 e. The molecule has 1 aromatic carbocycles. The van der Waals surface area contributed by atoms with Gasteiger partial charge in [-0.2, -0.15) is 0 Å². The van der Waals surface area contributed by atoms with Crippen LogP contribution in [0.1, 0.15) is 15.2 Å². The van der Waals surface area contributed by atoms with Crippen molar-refractivity contribution in [2.75, 3.05) is 0 Å². The van der Waals surface area contributed by atoms with E-state index in [0.717, 1.165) is 44.5 Å². The highest BCUT2D eigenvalue weighted by Gasteiger charge is 2.11. The Balaban J connectivity index is 1.54. The summed E-state index contributed by atoms with van der Waals surface area (Å²) in [6.45, 7) is 0.571. The fraction of sp³-hybridized carbons (Fsp3) is 0.0500. The number of aldehydes is 1. The van der Waals surface area contributed by atoms with Gasteiger partial charge in [-0.25, -0.2) is 9.67 Å². The second-order valence-electron chi connectivity index (χ2n) is 6.14. The highest BCUT2D eigenvalue weighted by Crippen LogP contribution is 2.27. The topological polar surface area (TPSA) is 73.6 Å². The van der Waals surface area contributed by atoms with Crippen molar-refractivity contribution in [1.82, 2.24) is 25.0 Å². The molecule has 0 aliphatic rings. The molecule has 0 radical (unpaired) electrons. The first-order valence-corrected chi connectivity index (χ1v) is 9.21. The number of carbonyl (C=O) groups is 1. The van der Waals surface area contributed by atoms with Crippen molar-refractivity contribution in [1.29, 1.82) is 0 Å². The molecule has 27 heavy (non-hydrogen) atoms. The van der Waals surface area contributed by atoms with Gasteiger partial charge in [-0.15, -0.1) is 16.4 Å². The van der Waals surface area contributed by atoms with Gasteiger partial charge in [-0.1, -0.05) is 17.3 Å². The average Bonchev–Trinajstić information content (AvgIpc) is 3.35. The van der Waals surface area contributed by atoms with Crippen LogP contribution in [0.3, 0.4) is 0 Å². The molecule has 0 saturated carbocycles. The Labute approximate surface area is 158 Å². The zero-order valence-electron chi connectivity index (χ0n) is 14.1. The Morgan fingerprint density at radius 1 is 1.04 bits per heavy atom. The summed E-state index contributed by atoms with van der Waals surface area (Å²) in [5.41, 5.74) is 4.35. The van der Waals surface area contributed by atoms with Crippen molar-refractivity contribution in [2.24, 2.45) is 0 Å². The maximum atomic E-state index is 10.9. The minimum atomic E-state index is 0.571. The molecule has 0 saturated heterocycles. The monoisotopic (exact) mass is 371 g/mol. The summed E-state index contributed by atoms with van der Waals surface area (Å²) in [6.07, 6.45) is 2.64. The first-order chi connectivity index (χ1) is 13.3. The number of rotatable bonds is 4. The maximum Gasteiger partial charge on any atom is 0.179 e. The summed E-state index contributed by atoms with van der Waals surface area (Å²) >= 11 is 1.42. The molecule has 0 bridgehead atoms. The van der Waals surface area contributed by atoms with Gasteiger partial charge < -0.3 is 0 Å². The Bertz CT molecular complexity index is 1290. The van der Waals surface area contributed by atoms with Crippen molar-refractivity contribution in [3.05, 3.63) is 71.2 Å².